The van der Waals surface area contributed by atoms with Gasteiger partial charge in [0.15, 0.2) is 11.0 Å². The van der Waals surface area contributed by atoms with E-state index in [1.54, 1.807) is 6.92 Å². The number of nitrogens with two attached hydrogens (primary N) is 1. The maximum Gasteiger partial charge on any atom is 0.230 e. The fourth-order valence-electron chi connectivity index (χ4n) is 2.25. The molecule has 1 aromatic carbocycles. The summed E-state index contributed by atoms with van der Waals surface area (Å²) in [5, 5.41) is 8.80. The molecular formula is C18H26N4O2S. The zero-order valence-electron chi connectivity index (χ0n) is 15.2. The van der Waals surface area contributed by atoms with Gasteiger partial charge in [0.2, 0.25) is 5.91 Å². The normalized spacial score (nSPS) is 12.4. The molecule has 0 aliphatic rings. The number of nitrogens with zero attached hydrogens (tertiary/aromatic N) is 3. The molecule has 0 aliphatic heterocycles. The summed E-state index contributed by atoms with van der Waals surface area (Å²) in [5.74, 6) is 1.60. The molecule has 0 unspecified atom stereocenters. The fourth-order valence-corrected chi connectivity index (χ4v) is 3.07. The summed E-state index contributed by atoms with van der Waals surface area (Å²) in [7, 11) is 0. The number of rotatable bonds is 9. The van der Waals surface area contributed by atoms with E-state index >= 15 is 0 Å². The highest BCUT2D eigenvalue weighted by molar-refractivity contribution is 8.00. The van der Waals surface area contributed by atoms with Gasteiger partial charge in [-0.05, 0) is 37.0 Å². The number of primary amides is 1. The molecule has 7 heteroatoms. The highest BCUT2D eigenvalue weighted by Crippen LogP contribution is 2.24. The molecule has 0 fully saturated rings. The number of thioether (sulfide) groups is 1. The van der Waals surface area contributed by atoms with Crippen LogP contribution in [0.2, 0.25) is 0 Å². The molecule has 136 valence electrons. The summed E-state index contributed by atoms with van der Waals surface area (Å²) in [6, 6.07) is 8.05. The number of aromatic nitrogens is 3. The van der Waals surface area contributed by atoms with Crippen molar-refractivity contribution in [2.45, 2.75) is 57.7 Å². The molecule has 0 spiro atoms. The molecule has 2 rings (SSSR count). The Morgan fingerprint density at radius 2 is 1.92 bits per heavy atom. The number of carbonyl (C=O) groups is 1. The molecule has 0 saturated heterocycles. The second kappa shape index (κ2) is 8.89. The second-order valence-corrected chi connectivity index (χ2v) is 7.66. The van der Waals surface area contributed by atoms with E-state index in [0.717, 1.165) is 24.5 Å². The van der Waals surface area contributed by atoms with Crippen molar-refractivity contribution in [1.29, 1.82) is 0 Å². The summed E-state index contributed by atoms with van der Waals surface area (Å²) >= 11 is 1.33. The van der Waals surface area contributed by atoms with Crippen LogP contribution in [0.1, 0.15) is 39.1 Å². The predicted octanol–water partition coefficient (Wildman–Crippen LogP) is 3.04. The lowest BCUT2D eigenvalue weighted by Crippen LogP contribution is -2.23. The minimum Gasteiger partial charge on any atom is -0.486 e. The molecule has 2 aromatic rings. The molecule has 6 nitrogen and oxygen atoms in total. The quantitative estimate of drug-likeness (QED) is 0.693. The van der Waals surface area contributed by atoms with Gasteiger partial charge < -0.3 is 15.0 Å². The lowest BCUT2D eigenvalue weighted by atomic mass is 10.2. The maximum atomic E-state index is 11.3. The van der Waals surface area contributed by atoms with Gasteiger partial charge in [0.25, 0.3) is 0 Å². The number of ether oxygens (including phenoxy) is 1. The first-order chi connectivity index (χ1) is 11.9. The maximum absolute atomic E-state index is 11.3. The Hall–Kier alpha value is -2.02. The SMILES string of the molecule is CCc1ccc(OCc2nnc(S[C@@H](C)C(N)=O)n2CC(C)C)cc1. The van der Waals surface area contributed by atoms with Crippen molar-refractivity contribution in [3.63, 3.8) is 0 Å². The van der Waals surface area contributed by atoms with Crippen molar-refractivity contribution < 1.29 is 9.53 Å². The topological polar surface area (TPSA) is 83.0 Å². The highest BCUT2D eigenvalue weighted by atomic mass is 32.2. The summed E-state index contributed by atoms with van der Waals surface area (Å²) < 4.78 is 7.86. The van der Waals surface area contributed by atoms with Gasteiger partial charge in [-0.15, -0.1) is 10.2 Å². The van der Waals surface area contributed by atoms with Crippen molar-refractivity contribution in [2.24, 2.45) is 11.7 Å². The summed E-state index contributed by atoms with van der Waals surface area (Å²) in [6.07, 6.45) is 1.00. The van der Waals surface area contributed by atoms with Gasteiger partial charge in [0, 0.05) is 6.54 Å². The van der Waals surface area contributed by atoms with E-state index < -0.39 is 0 Å². The Bertz CT molecular complexity index is 698. The van der Waals surface area contributed by atoms with Crippen molar-refractivity contribution >= 4 is 17.7 Å². The van der Waals surface area contributed by atoms with Crippen LogP contribution < -0.4 is 10.5 Å². The van der Waals surface area contributed by atoms with Gasteiger partial charge in [0.1, 0.15) is 12.4 Å². The van der Waals surface area contributed by atoms with E-state index in [0.29, 0.717) is 17.7 Å². The zero-order chi connectivity index (χ0) is 18.4. The highest BCUT2D eigenvalue weighted by Gasteiger charge is 2.19. The third kappa shape index (κ3) is 5.49. The molecule has 1 atom stereocenters. The van der Waals surface area contributed by atoms with Gasteiger partial charge in [-0.2, -0.15) is 0 Å². The standard InChI is InChI=1S/C18H26N4O2S/c1-5-14-6-8-15(9-7-14)24-11-16-20-21-18(22(16)10-12(2)3)25-13(4)17(19)23/h6-9,12-13H,5,10-11H2,1-4H3,(H2,19,23)/t13-/m0/s1. The minimum absolute atomic E-state index is 0.330. The lowest BCUT2D eigenvalue weighted by Gasteiger charge is -2.14. The van der Waals surface area contributed by atoms with E-state index in [2.05, 4.69) is 43.1 Å². The molecule has 1 aromatic heterocycles. The van der Waals surface area contributed by atoms with Crippen molar-refractivity contribution in [3.05, 3.63) is 35.7 Å². The smallest absolute Gasteiger partial charge is 0.230 e. The third-order valence-corrected chi connectivity index (χ3v) is 4.82. The first-order valence-corrected chi connectivity index (χ1v) is 9.38. The van der Waals surface area contributed by atoms with Crippen LogP contribution in [0.15, 0.2) is 29.4 Å². The van der Waals surface area contributed by atoms with E-state index in [1.807, 2.05) is 16.7 Å². The number of benzene rings is 1. The molecule has 0 aliphatic carbocycles. The van der Waals surface area contributed by atoms with E-state index in [4.69, 9.17) is 10.5 Å². The van der Waals surface area contributed by atoms with Crippen molar-refractivity contribution in [2.75, 3.05) is 0 Å². The van der Waals surface area contributed by atoms with E-state index in [-0.39, 0.29) is 11.2 Å². The fraction of sp³-hybridized carbons (Fsp3) is 0.500. The molecule has 2 N–H and O–H groups in total. The number of hydrogen-bond acceptors (Lipinski definition) is 5. The Morgan fingerprint density at radius 3 is 2.48 bits per heavy atom. The van der Waals surface area contributed by atoms with Crippen LogP contribution in [0.25, 0.3) is 0 Å². The average molecular weight is 362 g/mol. The van der Waals surface area contributed by atoms with Gasteiger partial charge in [-0.25, -0.2) is 0 Å². The Morgan fingerprint density at radius 1 is 1.24 bits per heavy atom. The summed E-state index contributed by atoms with van der Waals surface area (Å²) in [5.41, 5.74) is 6.63. The van der Waals surface area contributed by atoms with Crippen LogP contribution in [0.5, 0.6) is 5.75 Å². The summed E-state index contributed by atoms with van der Waals surface area (Å²) in [4.78, 5) is 11.3. The lowest BCUT2D eigenvalue weighted by molar-refractivity contribution is -0.117. The molecular weight excluding hydrogens is 336 g/mol. The van der Waals surface area contributed by atoms with Gasteiger partial charge in [0.05, 0.1) is 5.25 Å². The van der Waals surface area contributed by atoms with Crippen LogP contribution in [0.3, 0.4) is 0 Å². The number of aryl methyl sites for hydroxylation is 1. The van der Waals surface area contributed by atoms with Gasteiger partial charge in [-0.1, -0.05) is 44.7 Å². The Kier molecular flexibility index (Phi) is 6.87. The molecule has 0 saturated carbocycles. The van der Waals surface area contributed by atoms with Crippen LogP contribution in [-0.4, -0.2) is 25.9 Å². The van der Waals surface area contributed by atoms with Crippen LogP contribution >= 0.6 is 11.8 Å². The first-order valence-electron chi connectivity index (χ1n) is 8.50. The number of hydrogen-bond donors (Lipinski definition) is 1. The molecule has 1 amide bonds. The minimum atomic E-state index is -0.363. The van der Waals surface area contributed by atoms with Crippen molar-refractivity contribution in [3.8, 4) is 5.75 Å². The number of amides is 1. The second-order valence-electron chi connectivity index (χ2n) is 6.35. The molecule has 0 radical (unpaired) electrons. The van der Waals surface area contributed by atoms with E-state index in [9.17, 15) is 4.79 Å². The van der Waals surface area contributed by atoms with Crippen molar-refractivity contribution in [1.82, 2.24) is 14.8 Å². The van der Waals surface area contributed by atoms with Gasteiger partial charge in [-0.3, -0.25) is 4.79 Å². The molecule has 0 bridgehead atoms. The zero-order valence-corrected chi connectivity index (χ0v) is 16.0. The molecule has 1 heterocycles. The third-order valence-electron chi connectivity index (χ3n) is 3.72. The Balaban J connectivity index is 2.12. The average Bonchev–Trinajstić information content (AvgIpc) is 2.94. The first kappa shape index (κ1) is 19.3. The summed E-state index contributed by atoms with van der Waals surface area (Å²) in [6.45, 7) is 9.23. The molecule has 25 heavy (non-hydrogen) atoms. The van der Waals surface area contributed by atoms with Crippen LogP contribution in [0, 0.1) is 5.92 Å². The predicted molar refractivity (Wildman–Crippen MR) is 99.5 cm³/mol. The van der Waals surface area contributed by atoms with Gasteiger partial charge >= 0.3 is 0 Å². The largest absolute Gasteiger partial charge is 0.486 e. The monoisotopic (exact) mass is 362 g/mol. The van der Waals surface area contributed by atoms with Crippen LogP contribution in [-0.2, 0) is 24.4 Å². The Labute approximate surface area is 153 Å². The van der Waals surface area contributed by atoms with E-state index in [1.165, 1.54) is 17.3 Å². The number of carbonyl (C=O) groups excluding carboxylic acids is 1. The van der Waals surface area contributed by atoms with Crippen LogP contribution in [0.4, 0.5) is 0 Å².